The van der Waals surface area contributed by atoms with E-state index in [9.17, 15) is 9.18 Å². The number of benzene rings is 2. The van der Waals surface area contributed by atoms with Gasteiger partial charge in [-0.05, 0) is 30.3 Å². The average molecular weight is 425 g/mol. The third kappa shape index (κ3) is 3.88. The van der Waals surface area contributed by atoms with Gasteiger partial charge in [0.2, 0.25) is 0 Å². The van der Waals surface area contributed by atoms with Gasteiger partial charge in [0.05, 0.1) is 15.3 Å². The van der Waals surface area contributed by atoms with E-state index in [4.69, 9.17) is 27.9 Å². The zero-order chi connectivity index (χ0) is 19.0. The number of fused-ring (bicyclic) bond motifs is 1. The molecule has 0 aliphatic carbocycles. The van der Waals surface area contributed by atoms with Crippen molar-refractivity contribution < 1.29 is 13.9 Å². The first kappa shape index (κ1) is 18.5. The van der Waals surface area contributed by atoms with Crippen molar-refractivity contribution in [3.8, 4) is 5.19 Å². The molecule has 1 aliphatic heterocycles. The van der Waals surface area contributed by atoms with Crippen molar-refractivity contribution in [1.29, 1.82) is 0 Å². The van der Waals surface area contributed by atoms with Crippen LogP contribution in [0.25, 0.3) is 10.2 Å². The van der Waals surface area contributed by atoms with E-state index in [0.717, 1.165) is 4.70 Å². The van der Waals surface area contributed by atoms with E-state index >= 15 is 0 Å². The van der Waals surface area contributed by atoms with Gasteiger partial charge in [-0.25, -0.2) is 4.39 Å². The van der Waals surface area contributed by atoms with Crippen LogP contribution in [0, 0.1) is 5.82 Å². The maximum absolute atomic E-state index is 13.8. The van der Waals surface area contributed by atoms with Crippen molar-refractivity contribution in [2.75, 3.05) is 13.1 Å². The number of thiazole rings is 1. The number of hydrogen-bond donors (Lipinski definition) is 0. The van der Waals surface area contributed by atoms with E-state index in [1.807, 2.05) is 6.07 Å². The van der Waals surface area contributed by atoms with Crippen molar-refractivity contribution in [2.24, 2.45) is 0 Å². The predicted molar refractivity (Wildman–Crippen MR) is 106 cm³/mol. The van der Waals surface area contributed by atoms with Crippen molar-refractivity contribution in [2.45, 2.75) is 18.9 Å². The Labute approximate surface area is 169 Å². The molecule has 0 N–H and O–H groups in total. The fourth-order valence-corrected chi connectivity index (χ4v) is 4.36. The van der Waals surface area contributed by atoms with Gasteiger partial charge in [-0.15, -0.1) is 0 Å². The molecular weight excluding hydrogens is 410 g/mol. The lowest BCUT2D eigenvalue weighted by atomic mass is 10.1. The largest absolute Gasteiger partial charge is 0.467 e. The summed E-state index contributed by atoms with van der Waals surface area (Å²) in [7, 11) is 0. The number of hydrogen-bond acceptors (Lipinski definition) is 4. The Morgan fingerprint density at radius 2 is 2.00 bits per heavy atom. The number of para-hydroxylation sites is 1. The van der Waals surface area contributed by atoms with E-state index in [-0.39, 0.29) is 17.8 Å². The lowest BCUT2D eigenvalue weighted by Gasteiger charge is -2.31. The first-order valence-corrected chi connectivity index (χ1v) is 10.0. The van der Waals surface area contributed by atoms with Gasteiger partial charge in [0, 0.05) is 31.0 Å². The van der Waals surface area contributed by atoms with Crippen molar-refractivity contribution in [1.82, 2.24) is 9.88 Å². The number of carbonyl (C=O) groups is 1. The Bertz CT molecular complexity index is 1000. The average Bonchev–Trinajstić information content (AvgIpc) is 3.08. The zero-order valence-electron chi connectivity index (χ0n) is 14.1. The molecule has 4 nitrogen and oxygen atoms in total. The van der Waals surface area contributed by atoms with Crippen LogP contribution in [0.4, 0.5) is 4.39 Å². The van der Waals surface area contributed by atoms with Crippen LogP contribution >= 0.6 is 34.5 Å². The van der Waals surface area contributed by atoms with E-state index < -0.39 is 0 Å². The first-order valence-electron chi connectivity index (χ1n) is 8.47. The summed E-state index contributed by atoms with van der Waals surface area (Å²) in [5, 5.41) is 1.32. The number of likely N-dealkylation sites (tertiary alicyclic amines) is 1. The second-order valence-electron chi connectivity index (χ2n) is 6.30. The van der Waals surface area contributed by atoms with Crippen LogP contribution in [0.1, 0.15) is 23.2 Å². The van der Waals surface area contributed by atoms with E-state index in [1.165, 1.54) is 17.4 Å². The quantitative estimate of drug-likeness (QED) is 0.563. The number of aromatic nitrogens is 1. The van der Waals surface area contributed by atoms with Gasteiger partial charge < -0.3 is 9.64 Å². The fraction of sp³-hybridized carbons (Fsp3) is 0.263. The predicted octanol–water partition coefficient (Wildman–Crippen LogP) is 5.43. The van der Waals surface area contributed by atoms with Gasteiger partial charge in [0.1, 0.15) is 17.4 Å². The van der Waals surface area contributed by atoms with Crippen molar-refractivity contribution >= 4 is 50.7 Å². The molecule has 0 atom stereocenters. The molecule has 1 aromatic heterocycles. The van der Waals surface area contributed by atoms with Crippen LogP contribution in [0.2, 0.25) is 10.0 Å². The minimum atomic E-state index is -0.350. The Morgan fingerprint density at radius 1 is 1.22 bits per heavy atom. The van der Waals surface area contributed by atoms with Crippen LogP contribution in [-0.4, -0.2) is 35.0 Å². The number of carbonyl (C=O) groups excluding carboxylic acids is 1. The smallest absolute Gasteiger partial charge is 0.274 e. The summed E-state index contributed by atoms with van der Waals surface area (Å²) in [6, 6.07) is 9.73. The molecule has 1 fully saturated rings. The number of piperidine rings is 1. The first-order chi connectivity index (χ1) is 13.0. The molecule has 8 heteroatoms. The van der Waals surface area contributed by atoms with E-state index in [0.29, 0.717) is 52.3 Å². The second kappa shape index (κ2) is 7.62. The maximum Gasteiger partial charge on any atom is 0.274 e. The summed E-state index contributed by atoms with van der Waals surface area (Å²) >= 11 is 13.4. The maximum atomic E-state index is 13.8. The molecule has 2 heterocycles. The van der Waals surface area contributed by atoms with Crippen LogP contribution < -0.4 is 4.74 Å². The normalized spacial score (nSPS) is 15.3. The molecule has 140 valence electrons. The highest BCUT2D eigenvalue weighted by Crippen LogP contribution is 2.31. The number of nitrogens with zero attached hydrogens (tertiary/aromatic N) is 2. The van der Waals surface area contributed by atoms with Crippen LogP contribution in [-0.2, 0) is 0 Å². The Hall–Kier alpha value is -1.89. The number of ether oxygens (including phenoxy) is 1. The summed E-state index contributed by atoms with van der Waals surface area (Å²) in [6.07, 6.45) is 1.28. The summed E-state index contributed by atoms with van der Waals surface area (Å²) < 4.78 is 20.4. The topological polar surface area (TPSA) is 42.4 Å². The molecule has 0 radical (unpaired) electrons. The highest BCUT2D eigenvalue weighted by atomic mass is 35.5. The summed E-state index contributed by atoms with van der Waals surface area (Å²) in [4.78, 5) is 18.7. The molecule has 1 aliphatic rings. The molecule has 1 saturated heterocycles. The second-order valence-corrected chi connectivity index (χ2v) is 8.14. The number of amides is 1. The Balaban J connectivity index is 1.40. The highest BCUT2D eigenvalue weighted by Gasteiger charge is 2.26. The van der Waals surface area contributed by atoms with Crippen molar-refractivity contribution in [3.05, 3.63) is 57.8 Å². The third-order valence-corrected chi connectivity index (χ3v) is 5.98. The highest BCUT2D eigenvalue weighted by molar-refractivity contribution is 7.20. The molecular formula is C19H15Cl2FN2O2S. The van der Waals surface area contributed by atoms with Crippen LogP contribution in [0.5, 0.6) is 5.19 Å². The van der Waals surface area contributed by atoms with Gasteiger partial charge >= 0.3 is 0 Å². The van der Waals surface area contributed by atoms with Crippen LogP contribution in [0.15, 0.2) is 36.4 Å². The summed E-state index contributed by atoms with van der Waals surface area (Å²) in [6.45, 7) is 1.09. The monoisotopic (exact) mass is 424 g/mol. The molecule has 4 rings (SSSR count). The molecule has 1 amide bonds. The molecule has 2 aromatic carbocycles. The van der Waals surface area contributed by atoms with E-state index in [1.54, 1.807) is 29.2 Å². The molecule has 27 heavy (non-hydrogen) atoms. The van der Waals surface area contributed by atoms with Gasteiger partial charge in [0.15, 0.2) is 0 Å². The Kier molecular flexibility index (Phi) is 5.21. The molecule has 0 unspecified atom stereocenters. The zero-order valence-corrected chi connectivity index (χ0v) is 16.5. The van der Waals surface area contributed by atoms with Crippen LogP contribution in [0.3, 0.4) is 0 Å². The van der Waals surface area contributed by atoms with E-state index in [2.05, 4.69) is 4.98 Å². The van der Waals surface area contributed by atoms with Crippen molar-refractivity contribution in [3.63, 3.8) is 0 Å². The SMILES string of the molecule is O=C(c1cc(Cl)ccc1Cl)N1CCC(Oc2nc3c(F)cccc3s2)CC1. The number of rotatable bonds is 3. The lowest BCUT2D eigenvalue weighted by Crippen LogP contribution is -2.41. The minimum absolute atomic E-state index is 0.0625. The van der Waals surface area contributed by atoms with Gasteiger partial charge in [-0.1, -0.05) is 40.6 Å². The van der Waals surface area contributed by atoms with Gasteiger partial charge in [-0.2, -0.15) is 4.98 Å². The standard InChI is InChI=1S/C19H15Cl2FN2O2S/c20-11-4-5-14(21)13(10-11)18(25)24-8-6-12(7-9-24)26-19-23-17-15(22)2-1-3-16(17)27-19/h1-5,10,12H,6-9H2. The Morgan fingerprint density at radius 3 is 2.74 bits per heavy atom. The van der Waals surface area contributed by atoms with Gasteiger partial charge in [0.25, 0.3) is 11.1 Å². The molecule has 0 saturated carbocycles. The molecule has 3 aromatic rings. The number of halogens is 3. The van der Waals surface area contributed by atoms with Gasteiger partial charge in [-0.3, -0.25) is 4.79 Å². The molecule has 0 bridgehead atoms. The minimum Gasteiger partial charge on any atom is -0.467 e. The fourth-order valence-electron chi connectivity index (χ4n) is 3.10. The summed E-state index contributed by atoms with van der Waals surface area (Å²) in [5.74, 6) is -0.486. The molecule has 0 spiro atoms. The lowest BCUT2D eigenvalue weighted by molar-refractivity contribution is 0.0595. The summed E-state index contributed by atoms with van der Waals surface area (Å²) in [5.41, 5.74) is 0.742. The third-order valence-electron chi connectivity index (χ3n) is 4.51.